The zero-order chi connectivity index (χ0) is 21.8. The Kier molecular flexibility index (Phi) is 6.62. The number of carbonyl (C=O) groups excluding carboxylic acids is 1. The Morgan fingerprint density at radius 1 is 1.07 bits per heavy atom. The highest BCUT2D eigenvalue weighted by Gasteiger charge is 2.32. The lowest BCUT2D eigenvalue weighted by atomic mass is 9.95. The molecule has 1 heterocycles. The number of ether oxygens (including phenoxy) is 4. The molecule has 0 aliphatic carbocycles. The Morgan fingerprint density at radius 3 is 2.43 bits per heavy atom. The maximum absolute atomic E-state index is 12.3. The van der Waals surface area contributed by atoms with Gasteiger partial charge in [0.05, 0.1) is 26.0 Å². The number of hydrogen-bond donors (Lipinski definition) is 0. The van der Waals surface area contributed by atoms with Gasteiger partial charge in [-0.25, -0.2) is 5.01 Å². The molecule has 0 radical (unpaired) electrons. The number of aryl methyl sites for hydroxylation is 1. The molecule has 0 fully saturated rings. The first-order valence-electron chi connectivity index (χ1n) is 9.72. The second-order valence-corrected chi connectivity index (χ2v) is 7.21. The van der Waals surface area contributed by atoms with Crippen LogP contribution in [0.3, 0.4) is 0 Å². The fourth-order valence-electron chi connectivity index (χ4n) is 3.58. The number of amides is 1. The standard InChI is InChI=1S/C23H28N2O5/c1-14-9-18(11-22(29-6)15(14)2)19-12-20(25(24-19)16(3)26)17-7-8-21(28-5)23(10-17)30-13-27-4/h7-11,20H,12-13H2,1-6H3. The molecule has 3 rings (SSSR count). The van der Waals surface area contributed by atoms with Crippen molar-refractivity contribution in [3.05, 3.63) is 52.6 Å². The summed E-state index contributed by atoms with van der Waals surface area (Å²) in [5, 5.41) is 6.17. The van der Waals surface area contributed by atoms with Gasteiger partial charge < -0.3 is 18.9 Å². The highest BCUT2D eigenvalue weighted by molar-refractivity contribution is 6.03. The van der Waals surface area contributed by atoms with Crippen molar-refractivity contribution in [2.24, 2.45) is 5.10 Å². The average Bonchev–Trinajstić information content (AvgIpc) is 3.19. The van der Waals surface area contributed by atoms with Crippen molar-refractivity contribution >= 4 is 11.6 Å². The van der Waals surface area contributed by atoms with Crippen LogP contribution in [0.5, 0.6) is 17.2 Å². The molecule has 0 N–H and O–H groups in total. The summed E-state index contributed by atoms with van der Waals surface area (Å²) in [4.78, 5) is 12.3. The lowest BCUT2D eigenvalue weighted by Gasteiger charge is -2.21. The number of nitrogens with zero attached hydrogens (tertiary/aromatic N) is 2. The molecule has 0 spiro atoms. The van der Waals surface area contributed by atoms with Gasteiger partial charge in [0.2, 0.25) is 5.91 Å². The molecule has 1 atom stereocenters. The van der Waals surface area contributed by atoms with Crippen LogP contribution in [-0.4, -0.2) is 44.8 Å². The SMILES string of the molecule is COCOc1cc(C2CC(c3cc(C)c(C)c(OC)c3)=NN2C(C)=O)ccc1OC. The van der Waals surface area contributed by atoms with E-state index in [1.807, 2.05) is 38.1 Å². The molecule has 0 saturated heterocycles. The van der Waals surface area contributed by atoms with Crippen LogP contribution in [0.2, 0.25) is 0 Å². The predicted octanol–water partition coefficient (Wildman–Crippen LogP) is 4.00. The maximum Gasteiger partial charge on any atom is 0.240 e. The monoisotopic (exact) mass is 412 g/mol. The Bertz CT molecular complexity index is 970. The van der Waals surface area contributed by atoms with Crippen molar-refractivity contribution in [1.82, 2.24) is 5.01 Å². The highest BCUT2D eigenvalue weighted by Crippen LogP contribution is 2.38. The van der Waals surface area contributed by atoms with Crippen molar-refractivity contribution in [3.8, 4) is 17.2 Å². The van der Waals surface area contributed by atoms with Crippen molar-refractivity contribution in [1.29, 1.82) is 0 Å². The van der Waals surface area contributed by atoms with Gasteiger partial charge in [-0.1, -0.05) is 6.07 Å². The minimum absolute atomic E-state index is 0.102. The summed E-state index contributed by atoms with van der Waals surface area (Å²) in [5.74, 6) is 1.84. The lowest BCUT2D eigenvalue weighted by Crippen LogP contribution is -2.24. The van der Waals surface area contributed by atoms with Crippen LogP contribution in [0, 0.1) is 13.8 Å². The van der Waals surface area contributed by atoms with Crippen LogP contribution in [0.1, 0.15) is 41.6 Å². The molecule has 1 aliphatic rings. The molecule has 30 heavy (non-hydrogen) atoms. The first-order valence-corrected chi connectivity index (χ1v) is 9.72. The van der Waals surface area contributed by atoms with Crippen LogP contribution >= 0.6 is 0 Å². The van der Waals surface area contributed by atoms with Crippen molar-refractivity contribution in [2.45, 2.75) is 33.2 Å². The molecule has 1 aliphatic heterocycles. The van der Waals surface area contributed by atoms with Gasteiger partial charge in [0.15, 0.2) is 18.3 Å². The van der Waals surface area contributed by atoms with Crippen molar-refractivity contribution < 1.29 is 23.7 Å². The molecule has 7 nitrogen and oxygen atoms in total. The summed E-state index contributed by atoms with van der Waals surface area (Å²) < 4.78 is 21.5. The van der Waals surface area contributed by atoms with Crippen LogP contribution in [0.15, 0.2) is 35.4 Å². The summed E-state index contributed by atoms with van der Waals surface area (Å²) in [6, 6.07) is 9.45. The Labute approximate surface area is 177 Å². The fraction of sp³-hybridized carbons (Fsp3) is 0.391. The van der Waals surface area contributed by atoms with E-state index in [0.717, 1.165) is 33.7 Å². The predicted molar refractivity (Wildman–Crippen MR) is 114 cm³/mol. The minimum Gasteiger partial charge on any atom is -0.496 e. The molecular formula is C23H28N2O5. The average molecular weight is 412 g/mol. The van der Waals surface area contributed by atoms with Crippen LogP contribution < -0.4 is 14.2 Å². The number of rotatable bonds is 7. The second-order valence-electron chi connectivity index (χ2n) is 7.21. The smallest absolute Gasteiger partial charge is 0.240 e. The van der Waals surface area contributed by atoms with E-state index in [2.05, 4.69) is 11.2 Å². The third-order valence-electron chi connectivity index (χ3n) is 5.31. The molecule has 7 heteroatoms. The number of hydrazone groups is 1. The van der Waals surface area contributed by atoms with Crippen LogP contribution in [-0.2, 0) is 9.53 Å². The number of benzene rings is 2. The number of methoxy groups -OCH3 is 3. The maximum atomic E-state index is 12.3. The first kappa shape index (κ1) is 21.6. The second kappa shape index (κ2) is 9.17. The van der Waals surface area contributed by atoms with E-state index in [-0.39, 0.29) is 18.7 Å². The van der Waals surface area contributed by atoms with Gasteiger partial charge in [-0.05, 0) is 54.8 Å². The number of carbonyl (C=O) groups is 1. The molecule has 1 unspecified atom stereocenters. The zero-order valence-electron chi connectivity index (χ0n) is 18.3. The van der Waals surface area contributed by atoms with Gasteiger partial charge in [0.1, 0.15) is 5.75 Å². The largest absolute Gasteiger partial charge is 0.496 e. The summed E-state index contributed by atoms with van der Waals surface area (Å²) >= 11 is 0. The van der Waals surface area contributed by atoms with Gasteiger partial charge in [0.25, 0.3) is 0 Å². The molecule has 160 valence electrons. The van der Waals surface area contributed by atoms with Crippen LogP contribution in [0.25, 0.3) is 0 Å². The van der Waals surface area contributed by atoms with Gasteiger partial charge in [0, 0.05) is 26.0 Å². The minimum atomic E-state index is -0.235. The van der Waals surface area contributed by atoms with E-state index in [1.165, 1.54) is 11.9 Å². The highest BCUT2D eigenvalue weighted by atomic mass is 16.7. The Hall–Kier alpha value is -3.06. The topological polar surface area (TPSA) is 69.6 Å². The third kappa shape index (κ3) is 4.26. The van der Waals surface area contributed by atoms with Gasteiger partial charge in [-0.3, -0.25) is 4.79 Å². The van der Waals surface area contributed by atoms with E-state index in [0.29, 0.717) is 17.9 Å². The fourth-order valence-corrected chi connectivity index (χ4v) is 3.58. The lowest BCUT2D eigenvalue weighted by molar-refractivity contribution is -0.130. The molecule has 0 bridgehead atoms. The molecule has 1 amide bonds. The molecule has 2 aromatic rings. The van der Waals surface area contributed by atoms with Crippen LogP contribution in [0.4, 0.5) is 0 Å². The summed E-state index contributed by atoms with van der Waals surface area (Å²) in [5.41, 5.74) is 4.91. The molecule has 0 saturated carbocycles. The Balaban J connectivity index is 1.97. The van der Waals surface area contributed by atoms with E-state index in [9.17, 15) is 4.79 Å². The summed E-state index contributed by atoms with van der Waals surface area (Å²) in [6.45, 7) is 5.69. The summed E-state index contributed by atoms with van der Waals surface area (Å²) in [7, 11) is 4.80. The Morgan fingerprint density at radius 2 is 1.80 bits per heavy atom. The van der Waals surface area contributed by atoms with E-state index < -0.39 is 0 Å². The van der Waals surface area contributed by atoms with E-state index >= 15 is 0 Å². The van der Waals surface area contributed by atoms with Gasteiger partial charge in [-0.15, -0.1) is 0 Å². The van der Waals surface area contributed by atoms with E-state index in [4.69, 9.17) is 18.9 Å². The number of hydrogen-bond acceptors (Lipinski definition) is 6. The van der Waals surface area contributed by atoms with Crippen molar-refractivity contribution in [3.63, 3.8) is 0 Å². The van der Waals surface area contributed by atoms with Gasteiger partial charge >= 0.3 is 0 Å². The molecular weight excluding hydrogens is 384 g/mol. The van der Waals surface area contributed by atoms with Gasteiger partial charge in [-0.2, -0.15) is 5.10 Å². The zero-order valence-corrected chi connectivity index (χ0v) is 18.3. The first-order chi connectivity index (χ1) is 14.4. The normalized spacial score (nSPS) is 15.7. The van der Waals surface area contributed by atoms with Crippen molar-refractivity contribution in [2.75, 3.05) is 28.1 Å². The molecule has 2 aromatic carbocycles. The van der Waals surface area contributed by atoms with E-state index in [1.54, 1.807) is 21.3 Å². The summed E-state index contributed by atoms with van der Waals surface area (Å²) in [6.07, 6.45) is 0.585. The third-order valence-corrected chi connectivity index (χ3v) is 5.31. The molecule has 0 aromatic heterocycles. The quantitative estimate of drug-likeness (QED) is 0.643.